The van der Waals surface area contributed by atoms with E-state index in [1.54, 1.807) is 0 Å². The van der Waals surface area contributed by atoms with Crippen LogP contribution in [0.2, 0.25) is 0 Å². The van der Waals surface area contributed by atoms with E-state index < -0.39 is 0 Å². The van der Waals surface area contributed by atoms with Gasteiger partial charge < -0.3 is 4.74 Å². The Morgan fingerprint density at radius 2 is 1.61 bits per heavy atom. The standard InChI is InChI=1S/C27H27N3O/c1-20-17-21(2)30(29-20)23-10-8-12-25(19-23)31-24-11-7-9-22(18-24)27(14-4-5-15-27)26-13-3-6-16-28-26/h3,6-13,16-19H,4-5,14-15H2,1-2H3. The van der Waals surface area contributed by atoms with E-state index in [1.165, 1.54) is 18.4 Å². The van der Waals surface area contributed by atoms with E-state index in [0.717, 1.165) is 47.1 Å². The Hall–Kier alpha value is -3.40. The van der Waals surface area contributed by atoms with Gasteiger partial charge >= 0.3 is 0 Å². The van der Waals surface area contributed by atoms with Crippen LogP contribution in [0.4, 0.5) is 0 Å². The second-order valence-corrected chi connectivity index (χ2v) is 8.47. The average molecular weight is 410 g/mol. The highest BCUT2D eigenvalue weighted by molar-refractivity contribution is 5.45. The molecule has 0 aliphatic heterocycles. The predicted molar refractivity (Wildman–Crippen MR) is 123 cm³/mol. The first kappa shape index (κ1) is 19.6. The van der Waals surface area contributed by atoms with Gasteiger partial charge in [0.15, 0.2) is 0 Å². The van der Waals surface area contributed by atoms with Gasteiger partial charge in [0.25, 0.3) is 0 Å². The van der Waals surface area contributed by atoms with Crippen molar-refractivity contribution in [1.82, 2.24) is 14.8 Å². The van der Waals surface area contributed by atoms with E-state index in [4.69, 9.17) is 9.72 Å². The number of benzene rings is 2. The van der Waals surface area contributed by atoms with Gasteiger partial charge in [-0.1, -0.05) is 37.1 Å². The Balaban J connectivity index is 1.46. The molecule has 2 aromatic heterocycles. The second kappa shape index (κ2) is 8.03. The molecule has 1 saturated carbocycles. The van der Waals surface area contributed by atoms with Crippen molar-refractivity contribution in [3.8, 4) is 17.2 Å². The molecule has 0 bridgehead atoms. The molecule has 2 heterocycles. The number of pyridine rings is 1. The highest BCUT2D eigenvalue weighted by Crippen LogP contribution is 2.46. The number of aromatic nitrogens is 3. The predicted octanol–water partition coefficient (Wildman–Crippen LogP) is 6.54. The Morgan fingerprint density at radius 1 is 0.839 bits per heavy atom. The topological polar surface area (TPSA) is 39.9 Å². The van der Waals surface area contributed by atoms with Gasteiger partial charge in [0.05, 0.1) is 17.1 Å². The minimum absolute atomic E-state index is 0.0216. The summed E-state index contributed by atoms with van der Waals surface area (Å²) in [7, 11) is 0. The SMILES string of the molecule is Cc1cc(C)n(-c2cccc(Oc3cccc(C4(c5ccccn5)CCCC4)c3)c2)n1. The molecule has 1 aliphatic carbocycles. The molecule has 0 radical (unpaired) electrons. The summed E-state index contributed by atoms with van der Waals surface area (Å²) in [4.78, 5) is 4.73. The van der Waals surface area contributed by atoms with Crippen molar-refractivity contribution in [2.75, 3.05) is 0 Å². The van der Waals surface area contributed by atoms with Crippen LogP contribution in [0.1, 0.15) is 48.3 Å². The molecule has 4 nitrogen and oxygen atoms in total. The summed E-state index contributed by atoms with van der Waals surface area (Å²) in [6.45, 7) is 4.07. The van der Waals surface area contributed by atoms with E-state index >= 15 is 0 Å². The summed E-state index contributed by atoms with van der Waals surface area (Å²) in [5, 5.41) is 4.59. The van der Waals surface area contributed by atoms with Crippen LogP contribution in [0.5, 0.6) is 11.5 Å². The number of hydrogen-bond acceptors (Lipinski definition) is 3. The lowest BCUT2D eigenvalue weighted by molar-refractivity contribution is 0.473. The third kappa shape index (κ3) is 3.74. The molecule has 1 fully saturated rings. The number of hydrogen-bond donors (Lipinski definition) is 0. The molecule has 0 atom stereocenters. The number of rotatable bonds is 5. The van der Waals surface area contributed by atoms with Gasteiger partial charge in [-0.05, 0) is 74.7 Å². The van der Waals surface area contributed by atoms with E-state index in [1.807, 2.05) is 48.1 Å². The minimum Gasteiger partial charge on any atom is -0.457 e. The molecule has 31 heavy (non-hydrogen) atoms. The van der Waals surface area contributed by atoms with E-state index in [2.05, 4.69) is 54.5 Å². The van der Waals surface area contributed by atoms with Crippen LogP contribution >= 0.6 is 0 Å². The summed E-state index contributed by atoms with van der Waals surface area (Å²) < 4.78 is 8.26. The Bertz CT molecular complexity index is 1190. The highest BCUT2D eigenvalue weighted by atomic mass is 16.5. The fraction of sp³-hybridized carbons (Fsp3) is 0.259. The fourth-order valence-corrected chi connectivity index (χ4v) is 4.88. The summed E-state index contributed by atoms with van der Waals surface area (Å²) in [6.07, 6.45) is 6.61. The van der Waals surface area contributed by atoms with E-state index in [0.29, 0.717) is 0 Å². The Kier molecular flexibility index (Phi) is 5.06. The largest absolute Gasteiger partial charge is 0.457 e. The van der Waals surface area contributed by atoms with Gasteiger partial charge in [-0.2, -0.15) is 5.10 Å². The quantitative estimate of drug-likeness (QED) is 0.376. The molecule has 0 unspecified atom stereocenters. The average Bonchev–Trinajstić information content (AvgIpc) is 3.42. The molecule has 2 aromatic carbocycles. The smallest absolute Gasteiger partial charge is 0.129 e. The maximum Gasteiger partial charge on any atom is 0.129 e. The van der Waals surface area contributed by atoms with Crippen LogP contribution in [0.15, 0.2) is 79.0 Å². The molecule has 4 heteroatoms. The van der Waals surface area contributed by atoms with Crippen molar-refractivity contribution in [1.29, 1.82) is 0 Å². The minimum atomic E-state index is -0.0216. The lowest BCUT2D eigenvalue weighted by Gasteiger charge is -2.29. The van der Waals surface area contributed by atoms with Gasteiger partial charge in [0, 0.05) is 23.4 Å². The fourth-order valence-electron chi connectivity index (χ4n) is 4.88. The van der Waals surface area contributed by atoms with Crippen molar-refractivity contribution in [3.63, 3.8) is 0 Å². The van der Waals surface area contributed by atoms with Crippen molar-refractivity contribution in [2.24, 2.45) is 0 Å². The van der Waals surface area contributed by atoms with Crippen molar-refractivity contribution >= 4 is 0 Å². The summed E-state index contributed by atoms with van der Waals surface area (Å²) in [5.41, 5.74) is 5.54. The second-order valence-electron chi connectivity index (χ2n) is 8.47. The summed E-state index contributed by atoms with van der Waals surface area (Å²) in [6, 6.07) is 25.0. The van der Waals surface area contributed by atoms with Gasteiger partial charge in [-0.25, -0.2) is 4.68 Å². The van der Waals surface area contributed by atoms with Crippen LogP contribution in [0.25, 0.3) is 5.69 Å². The van der Waals surface area contributed by atoms with Crippen LogP contribution in [-0.4, -0.2) is 14.8 Å². The van der Waals surface area contributed by atoms with Crippen LogP contribution < -0.4 is 4.74 Å². The zero-order valence-electron chi connectivity index (χ0n) is 18.1. The molecule has 0 amide bonds. The van der Waals surface area contributed by atoms with Gasteiger partial charge in [0.2, 0.25) is 0 Å². The van der Waals surface area contributed by atoms with Gasteiger partial charge in [-0.3, -0.25) is 4.98 Å². The molecule has 0 N–H and O–H groups in total. The van der Waals surface area contributed by atoms with E-state index in [9.17, 15) is 0 Å². The molecular formula is C27H27N3O. The summed E-state index contributed by atoms with van der Waals surface area (Å²) >= 11 is 0. The van der Waals surface area contributed by atoms with Crippen LogP contribution in [0.3, 0.4) is 0 Å². The Labute approximate surface area is 183 Å². The molecule has 4 aromatic rings. The first-order valence-electron chi connectivity index (χ1n) is 11.0. The first-order chi connectivity index (χ1) is 15.1. The highest BCUT2D eigenvalue weighted by Gasteiger charge is 2.38. The Morgan fingerprint density at radius 3 is 2.32 bits per heavy atom. The lowest BCUT2D eigenvalue weighted by atomic mass is 9.75. The maximum atomic E-state index is 6.31. The number of nitrogens with zero attached hydrogens (tertiary/aromatic N) is 3. The number of aryl methyl sites for hydroxylation is 2. The zero-order chi connectivity index (χ0) is 21.3. The number of ether oxygens (including phenoxy) is 1. The maximum absolute atomic E-state index is 6.31. The molecule has 0 spiro atoms. The zero-order valence-corrected chi connectivity index (χ0v) is 18.1. The van der Waals surface area contributed by atoms with Gasteiger partial charge in [0.1, 0.15) is 11.5 Å². The van der Waals surface area contributed by atoms with Crippen molar-refractivity contribution in [2.45, 2.75) is 44.9 Å². The van der Waals surface area contributed by atoms with Crippen LogP contribution in [-0.2, 0) is 5.41 Å². The first-order valence-corrected chi connectivity index (χ1v) is 11.0. The summed E-state index contributed by atoms with van der Waals surface area (Å²) in [5.74, 6) is 1.66. The molecule has 5 rings (SSSR count). The third-order valence-electron chi connectivity index (χ3n) is 6.31. The monoisotopic (exact) mass is 409 g/mol. The van der Waals surface area contributed by atoms with Crippen LogP contribution in [0, 0.1) is 13.8 Å². The van der Waals surface area contributed by atoms with Crippen molar-refractivity contribution < 1.29 is 4.74 Å². The lowest BCUT2D eigenvalue weighted by Crippen LogP contribution is -2.25. The molecular weight excluding hydrogens is 382 g/mol. The molecule has 156 valence electrons. The third-order valence-corrected chi connectivity index (χ3v) is 6.31. The van der Waals surface area contributed by atoms with E-state index in [-0.39, 0.29) is 5.41 Å². The normalized spacial score (nSPS) is 15.2. The van der Waals surface area contributed by atoms with Gasteiger partial charge in [-0.15, -0.1) is 0 Å². The molecule has 1 aliphatic rings. The molecule has 0 saturated heterocycles. The van der Waals surface area contributed by atoms with Crippen molar-refractivity contribution in [3.05, 3.63) is 102 Å².